The number of aromatic nitrogens is 4. The molecule has 0 atom stereocenters. The molecular formula is C29H21N5. The van der Waals surface area contributed by atoms with Crippen LogP contribution in [0.3, 0.4) is 0 Å². The Labute approximate surface area is 196 Å². The predicted octanol–water partition coefficient (Wildman–Crippen LogP) is 6.74. The van der Waals surface area contributed by atoms with Crippen molar-refractivity contribution < 1.29 is 0 Å². The summed E-state index contributed by atoms with van der Waals surface area (Å²) >= 11 is 0. The maximum Gasteiger partial charge on any atom is 0.160 e. The highest BCUT2D eigenvalue weighted by molar-refractivity contribution is 6.20. The number of para-hydroxylation sites is 2. The van der Waals surface area contributed by atoms with Crippen molar-refractivity contribution in [2.75, 3.05) is 0 Å². The molecule has 0 aliphatic rings. The fraction of sp³-hybridized carbons (Fsp3) is 0. The van der Waals surface area contributed by atoms with Crippen LogP contribution in [0.25, 0.3) is 49.8 Å². The molecule has 0 saturated heterocycles. The molecule has 5 heteroatoms. The van der Waals surface area contributed by atoms with Crippen LogP contribution in [0.5, 0.6) is 0 Å². The second-order valence-corrected chi connectivity index (χ2v) is 8.06. The molecule has 6 aromatic rings. The molecule has 162 valence electrons. The van der Waals surface area contributed by atoms with E-state index in [1.54, 1.807) is 18.3 Å². The fourth-order valence-corrected chi connectivity index (χ4v) is 4.60. The molecule has 6 rings (SSSR count). The van der Waals surface area contributed by atoms with E-state index in [0.717, 1.165) is 33.4 Å². The highest BCUT2D eigenvalue weighted by Crippen LogP contribution is 2.37. The van der Waals surface area contributed by atoms with E-state index in [1.165, 1.54) is 17.0 Å². The van der Waals surface area contributed by atoms with Gasteiger partial charge in [-0.15, -0.1) is 0 Å². The third kappa shape index (κ3) is 3.06. The minimum Gasteiger partial charge on any atom is -0.309 e. The van der Waals surface area contributed by atoms with Crippen molar-refractivity contribution in [3.63, 3.8) is 0 Å². The Morgan fingerprint density at radius 1 is 0.882 bits per heavy atom. The molecular weight excluding hydrogens is 418 g/mol. The molecule has 3 aromatic heterocycles. The molecule has 1 N–H and O–H groups in total. The van der Waals surface area contributed by atoms with Crippen molar-refractivity contribution in [1.29, 1.82) is 5.41 Å². The molecule has 0 aliphatic carbocycles. The number of hydrogen-bond acceptors (Lipinski definition) is 3. The van der Waals surface area contributed by atoms with Crippen LogP contribution >= 0.6 is 0 Å². The van der Waals surface area contributed by atoms with E-state index in [2.05, 4.69) is 93.6 Å². The van der Waals surface area contributed by atoms with Gasteiger partial charge < -0.3 is 14.5 Å². The van der Waals surface area contributed by atoms with Crippen molar-refractivity contribution in [2.24, 2.45) is 0 Å². The Morgan fingerprint density at radius 3 is 2.56 bits per heavy atom. The van der Waals surface area contributed by atoms with Crippen LogP contribution in [0.2, 0.25) is 0 Å². The summed E-state index contributed by atoms with van der Waals surface area (Å²) in [6.45, 7) is 4.05. The van der Waals surface area contributed by atoms with Gasteiger partial charge in [0.1, 0.15) is 5.82 Å². The molecule has 3 aromatic carbocycles. The van der Waals surface area contributed by atoms with E-state index in [-0.39, 0.29) is 0 Å². The quantitative estimate of drug-likeness (QED) is 0.239. The summed E-state index contributed by atoms with van der Waals surface area (Å²) in [6.07, 6.45) is 8.38. The van der Waals surface area contributed by atoms with Gasteiger partial charge in [-0.05, 0) is 42.5 Å². The average molecular weight is 440 g/mol. The molecule has 0 bridgehead atoms. The summed E-state index contributed by atoms with van der Waals surface area (Å²) in [4.78, 5) is 9.17. The standard InChI is InChI=1S/C29H21N5/c1-20(8-7-17-30)29-31-18-15-26(32-29)33-19-16-21-13-14-25-27(28(21)33)23-11-5-6-12-24(23)34(25)22-9-3-2-4-10-22/h2-19,30H,1H2. The van der Waals surface area contributed by atoms with Gasteiger partial charge in [0.15, 0.2) is 5.82 Å². The maximum atomic E-state index is 7.21. The van der Waals surface area contributed by atoms with E-state index in [9.17, 15) is 0 Å². The van der Waals surface area contributed by atoms with Gasteiger partial charge in [-0.25, -0.2) is 9.97 Å². The van der Waals surface area contributed by atoms with Crippen LogP contribution in [0.15, 0.2) is 110 Å². The van der Waals surface area contributed by atoms with Gasteiger partial charge in [-0.1, -0.05) is 55.1 Å². The van der Waals surface area contributed by atoms with Gasteiger partial charge in [0.2, 0.25) is 0 Å². The molecule has 0 unspecified atom stereocenters. The summed E-state index contributed by atoms with van der Waals surface area (Å²) in [7, 11) is 0. The van der Waals surface area contributed by atoms with Gasteiger partial charge in [0.25, 0.3) is 0 Å². The van der Waals surface area contributed by atoms with Crippen molar-refractivity contribution in [3.05, 3.63) is 116 Å². The summed E-state index contributed by atoms with van der Waals surface area (Å²) in [5.41, 5.74) is 5.20. The van der Waals surface area contributed by atoms with E-state index in [1.807, 2.05) is 12.1 Å². The number of benzene rings is 3. The molecule has 0 spiro atoms. The first-order chi connectivity index (χ1) is 16.8. The maximum absolute atomic E-state index is 7.21. The molecule has 0 fully saturated rings. The minimum absolute atomic E-state index is 0.538. The topological polar surface area (TPSA) is 59.5 Å². The fourth-order valence-electron chi connectivity index (χ4n) is 4.60. The third-order valence-electron chi connectivity index (χ3n) is 6.07. The van der Waals surface area contributed by atoms with Crippen molar-refractivity contribution in [1.82, 2.24) is 19.1 Å². The van der Waals surface area contributed by atoms with Crippen LogP contribution in [-0.2, 0) is 0 Å². The lowest BCUT2D eigenvalue weighted by Crippen LogP contribution is -2.00. The summed E-state index contributed by atoms with van der Waals surface area (Å²) in [6, 6.07) is 27.4. The highest BCUT2D eigenvalue weighted by Gasteiger charge is 2.17. The second kappa shape index (κ2) is 7.98. The number of nitrogens with one attached hydrogen (secondary N) is 1. The van der Waals surface area contributed by atoms with E-state index < -0.39 is 0 Å². The zero-order chi connectivity index (χ0) is 23.1. The Hall–Kier alpha value is -4.77. The molecule has 0 radical (unpaired) electrons. The number of rotatable bonds is 5. The molecule has 0 amide bonds. The smallest absolute Gasteiger partial charge is 0.160 e. The molecule has 3 heterocycles. The van der Waals surface area contributed by atoms with Crippen LogP contribution < -0.4 is 0 Å². The monoisotopic (exact) mass is 439 g/mol. The number of hydrogen-bond donors (Lipinski definition) is 1. The Bertz CT molecular complexity index is 1740. The summed E-state index contributed by atoms with van der Waals surface area (Å²) < 4.78 is 4.44. The summed E-state index contributed by atoms with van der Waals surface area (Å²) in [5.74, 6) is 1.31. The van der Waals surface area contributed by atoms with Crippen LogP contribution in [0.4, 0.5) is 0 Å². The number of nitrogens with zero attached hydrogens (tertiary/aromatic N) is 4. The minimum atomic E-state index is 0.538. The first-order valence-electron chi connectivity index (χ1n) is 11.0. The van der Waals surface area contributed by atoms with Gasteiger partial charge in [-0.3, -0.25) is 0 Å². The van der Waals surface area contributed by atoms with Gasteiger partial charge in [-0.2, -0.15) is 0 Å². The van der Waals surface area contributed by atoms with Crippen LogP contribution in [-0.4, -0.2) is 25.3 Å². The number of fused-ring (bicyclic) bond motifs is 5. The lowest BCUT2D eigenvalue weighted by atomic mass is 10.1. The van der Waals surface area contributed by atoms with Gasteiger partial charge >= 0.3 is 0 Å². The lowest BCUT2D eigenvalue weighted by Gasteiger charge is -2.09. The van der Waals surface area contributed by atoms with Gasteiger partial charge in [0, 0.05) is 46.0 Å². The van der Waals surface area contributed by atoms with Crippen molar-refractivity contribution in [2.45, 2.75) is 0 Å². The van der Waals surface area contributed by atoms with Crippen molar-refractivity contribution >= 4 is 44.5 Å². The SMILES string of the molecule is C=C(C=CC=N)c1nccc(-n2ccc3ccc4c(c5ccccc5n4-c4ccccc4)c32)n1. The van der Waals surface area contributed by atoms with E-state index in [0.29, 0.717) is 11.4 Å². The zero-order valence-corrected chi connectivity index (χ0v) is 18.4. The molecule has 34 heavy (non-hydrogen) atoms. The molecule has 0 aliphatic heterocycles. The van der Waals surface area contributed by atoms with Crippen LogP contribution in [0.1, 0.15) is 5.82 Å². The Balaban J connectivity index is 1.66. The molecule has 5 nitrogen and oxygen atoms in total. The Kier molecular flexibility index (Phi) is 4.66. The first kappa shape index (κ1) is 19.9. The first-order valence-corrected chi connectivity index (χ1v) is 11.0. The Morgan fingerprint density at radius 2 is 1.71 bits per heavy atom. The third-order valence-corrected chi connectivity index (χ3v) is 6.07. The lowest BCUT2D eigenvalue weighted by molar-refractivity contribution is 0.997. The molecule has 0 saturated carbocycles. The van der Waals surface area contributed by atoms with Gasteiger partial charge in [0.05, 0.1) is 16.6 Å². The van der Waals surface area contributed by atoms with E-state index in [4.69, 9.17) is 10.4 Å². The normalized spacial score (nSPS) is 11.6. The van der Waals surface area contributed by atoms with Crippen molar-refractivity contribution in [3.8, 4) is 11.5 Å². The highest BCUT2D eigenvalue weighted by atomic mass is 15.1. The predicted molar refractivity (Wildman–Crippen MR) is 140 cm³/mol. The number of allylic oxidation sites excluding steroid dienone is 3. The summed E-state index contributed by atoms with van der Waals surface area (Å²) in [5, 5.41) is 10.7. The second-order valence-electron chi connectivity index (χ2n) is 8.06. The van der Waals surface area contributed by atoms with Crippen LogP contribution in [0, 0.1) is 5.41 Å². The zero-order valence-electron chi connectivity index (χ0n) is 18.4. The average Bonchev–Trinajstić information content (AvgIpc) is 3.47. The largest absolute Gasteiger partial charge is 0.309 e. The van der Waals surface area contributed by atoms with E-state index >= 15 is 0 Å².